The van der Waals surface area contributed by atoms with E-state index in [-0.39, 0.29) is 0 Å². The molecule has 0 unspecified atom stereocenters. The van der Waals surface area contributed by atoms with Crippen LogP contribution >= 0.6 is 0 Å². The summed E-state index contributed by atoms with van der Waals surface area (Å²) in [6.07, 6.45) is 0. The minimum absolute atomic E-state index is 1.20. The third-order valence-corrected chi connectivity index (χ3v) is 11.6. The predicted molar refractivity (Wildman–Crippen MR) is 241 cm³/mol. The van der Waals surface area contributed by atoms with Crippen LogP contribution in [0.2, 0.25) is 0 Å². The van der Waals surface area contributed by atoms with Gasteiger partial charge in [-0.2, -0.15) is 0 Å². The van der Waals surface area contributed by atoms with Crippen molar-refractivity contribution in [2.75, 3.05) is 0 Å². The molecule has 0 aliphatic rings. The van der Waals surface area contributed by atoms with E-state index >= 15 is 0 Å². The van der Waals surface area contributed by atoms with Gasteiger partial charge >= 0.3 is 0 Å². The molecule has 11 aromatic rings. The van der Waals surface area contributed by atoms with Crippen molar-refractivity contribution in [1.82, 2.24) is 0 Å². The second-order valence-corrected chi connectivity index (χ2v) is 14.8. The Hall–Kier alpha value is -7.28. The van der Waals surface area contributed by atoms with Crippen LogP contribution in [0, 0.1) is 0 Å². The zero-order chi connectivity index (χ0) is 37.0. The maximum atomic E-state index is 2.37. The number of rotatable bonds is 5. The fourth-order valence-electron chi connectivity index (χ4n) is 9.13. The highest BCUT2D eigenvalue weighted by Gasteiger charge is 2.19. The summed E-state index contributed by atoms with van der Waals surface area (Å²) < 4.78 is 0. The first-order valence-electron chi connectivity index (χ1n) is 19.4. The second-order valence-electron chi connectivity index (χ2n) is 14.8. The lowest BCUT2D eigenvalue weighted by Gasteiger charge is -2.19. The highest BCUT2D eigenvalue weighted by Crippen LogP contribution is 2.46. The summed E-state index contributed by atoms with van der Waals surface area (Å²) in [6.45, 7) is 0. The topological polar surface area (TPSA) is 0 Å². The maximum absolute atomic E-state index is 2.37. The van der Waals surface area contributed by atoms with Crippen molar-refractivity contribution in [1.29, 1.82) is 0 Å². The fraction of sp³-hybridized carbons (Fsp3) is 0. The van der Waals surface area contributed by atoms with Gasteiger partial charge in [0.25, 0.3) is 0 Å². The molecular weight excluding hydrogens is 673 g/mol. The molecule has 0 amide bonds. The lowest BCUT2D eigenvalue weighted by atomic mass is 9.84. The van der Waals surface area contributed by atoms with Crippen LogP contribution in [0.5, 0.6) is 0 Å². The summed E-state index contributed by atoms with van der Waals surface area (Å²) in [7, 11) is 0. The molecule has 0 fully saturated rings. The van der Waals surface area contributed by atoms with E-state index in [0.717, 1.165) is 0 Å². The molecule has 0 saturated heterocycles. The predicted octanol–water partition coefficient (Wildman–Crippen LogP) is 15.8. The van der Waals surface area contributed by atoms with E-state index in [1.54, 1.807) is 0 Å². The normalized spacial score (nSPS) is 11.6. The van der Waals surface area contributed by atoms with Crippen LogP contribution in [0.25, 0.3) is 109 Å². The van der Waals surface area contributed by atoms with E-state index in [4.69, 9.17) is 0 Å². The van der Waals surface area contributed by atoms with Crippen molar-refractivity contribution < 1.29 is 0 Å². The van der Waals surface area contributed by atoms with Crippen molar-refractivity contribution in [3.05, 3.63) is 218 Å². The second kappa shape index (κ2) is 13.2. The molecule has 0 bridgehead atoms. The molecule has 0 aromatic heterocycles. The largest absolute Gasteiger partial charge is 0.0622 e. The van der Waals surface area contributed by atoms with Crippen molar-refractivity contribution in [2.45, 2.75) is 0 Å². The number of fused-ring (bicyclic) bond motifs is 5. The minimum Gasteiger partial charge on any atom is -0.0622 e. The fourth-order valence-corrected chi connectivity index (χ4v) is 9.13. The third-order valence-electron chi connectivity index (χ3n) is 11.6. The zero-order valence-electron chi connectivity index (χ0n) is 30.8. The zero-order valence-corrected chi connectivity index (χ0v) is 30.8. The molecule has 0 N–H and O–H groups in total. The molecular formula is C56H36. The van der Waals surface area contributed by atoms with E-state index in [9.17, 15) is 0 Å². The average molecular weight is 709 g/mol. The Labute approximate surface area is 326 Å². The molecule has 0 nitrogen and oxygen atoms in total. The Bertz CT molecular complexity index is 3160. The van der Waals surface area contributed by atoms with Crippen molar-refractivity contribution in [2.24, 2.45) is 0 Å². The van der Waals surface area contributed by atoms with Gasteiger partial charge in [0.2, 0.25) is 0 Å². The summed E-state index contributed by atoms with van der Waals surface area (Å²) in [5.74, 6) is 0. The van der Waals surface area contributed by atoms with Crippen LogP contribution in [0.1, 0.15) is 0 Å². The third kappa shape index (κ3) is 5.22. The van der Waals surface area contributed by atoms with E-state index in [2.05, 4.69) is 218 Å². The van der Waals surface area contributed by atoms with Crippen LogP contribution in [-0.4, -0.2) is 0 Å². The van der Waals surface area contributed by atoms with E-state index < -0.39 is 0 Å². The lowest BCUT2D eigenvalue weighted by Crippen LogP contribution is -1.91. The van der Waals surface area contributed by atoms with Gasteiger partial charge in [0.05, 0.1) is 0 Å². The van der Waals surface area contributed by atoms with Gasteiger partial charge in [-0.25, -0.2) is 0 Å². The quantitative estimate of drug-likeness (QED) is 0.156. The summed E-state index contributed by atoms with van der Waals surface area (Å²) in [5.41, 5.74) is 12.5. The highest BCUT2D eigenvalue weighted by molar-refractivity contribution is 6.23. The Morgan fingerprint density at radius 3 is 0.982 bits per heavy atom. The molecule has 0 atom stereocenters. The number of benzene rings is 11. The van der Waals surface area contributed by atoms with Gasteiger partial charge in [-0.15, -0.1) is 0 Å². The van der Waals surface area contributed by atoms with Gasteiger partial charge in [0.1, 0.15) is 0 Å². The first kappa shape index (κ1) is 32.2. The van der Waals surface area contributed by atoms with Crippen LogP contribution < -0.4 is 0 Å². The van der Waals surface area contributed by atoms with Gasteiger partial charge in [-0.1, -0.05) is 206 Å². The van der Waals surface area contributed by atoms with Crippen molar-refractivity contribution >= 4 is 53.9 Å². The smallest absolute Gasteiger partial charge is 0.00262 e. The number of hydrogen-bond donors (Lipinski definition) is 0. The van der Waals surface area contributed by atoms with Gasteiger partial charge in [-0.05, 0) is 122 Å². The molecule has 0 aliphatic carbocycles. The Morgan fingerprint density at radius 1 is 0.161 bits per heavy atom. The molecule has 0 aliphatic heterocycles. The van der Waals surface area contributed by atoms with Crippen LogP contribution in [0.4, 0.5) is 0 Å². The minimum atomic E-state index is 1.20. The van der Waals surface area contributed by atoms with Gasteiger partial charge in [0, 0.05) is 0 Å². The first-order valence-corrected chi connectivity index (χ1v) is 19.4. The molecule has 0 heteroatoms. The Balaban J connectivity index is 1.05. The molecule has 260 valence electrons. The summed E-state index contributed by atoms with van der Waals surface area (Å²) in [4.78, 5) is 0. The molecule has 0 spiro atoms. The van der Waals surface area contributed by atoms with E-state index in [1.165, 1.54) is 109 Å². The summed E-state index contributed by atoms with van der Waals surface area (Å²) in [5, 5.41) is 12.7. The average Bonchev–Trinajstić information content (AvgIpc) is 3.27. The van der Waals surface area contributed by atoms with Gasteiger partial charge < -0.3 is 0 Å². The molecule has 11 aromatic carbocycles. The van der Waals surface area contributed by atoms with Gasteiger partial charge in [-0.3, -0.25) is 0 Å². The van der Waals surface area contributed by atoms with Crippen LogP contribution in [0.15, 0.2) is 218 Å². The molecule has 11 rings (SSSR count). The monoisotopic (exact) mass is 708 g/mol. The number of hydrogen-bond acceptors (Lipinski definition) is 0. The lowest BCUT2D eigenvalue weighted by molar-refractivity contribution is 1.60. The summed E-state index contributed by atoms with van der Waals surface area (Å²) in [6, 6.07) is 80.2. The van der Waals surface area contributed by atoms with E-state index in [1.807, 2.05) is 0 Å². The standard InChI is InChI=1S/C56H36/c1-2-16-39(17-3-1)53-45-21-6-8-23-47(45)54(48-24-9-7-22-46(48)53)40-32-29-38(30-33-40)42-19-14-20-43(35-42)55-49-25-10-12-27-51(49)56(52-28-13-11-26-50(52)55)44-34-31-37-15-4-5-18-41(37)36-44/h1-36H. The van der Waals surface area contributed by atoms with E-state index in [0.29, 0.717) is 0 Å². The van der Waals surface area contributed by atoms with Crippen LogP contribution in [0.3, 0.4) is 0 Å². The van der Waals surface area contributed by atoms with Crippen molar-refractivity contribution in [3.63, 3.8) is 0 Å². The van der Waals surface area contributed by atoms with Gasteiger partial charge in [0.15, 0.2) is 0 Å². The highest BCUT2D eigenvalue weighted by atomic mass is 14.2. The molecule has 0 radical (unpaired) electrons. The SMILES string of the molecule is c1ccc(-c2c3ccccc3c(-c3ccc(-c4cccc(-c5c6ccccc6c(-c6ccc7ccccc7c6)c6ccccc56)c4)cc3)c3ccccc23)cc1. The molecule has 56 heavy (non-hydrogen) atoms. The first-order chi connectivity index (χ1) is 27.8. The maximum Gasteiger partial charge on any atom is -0.00262 e. The molecule has 0 heterocycles. The van der Waals surface area contributed by atoms with Crippen molar-refractivity contribution in [3.8, 4) is 55.6 Å². The molecule has 0 saturated carbocycles. The Kier molecular flexibility index (Phi) is 7.60. The Morgan fingerprint density at radius 2 is 0.482 bits per heavy atom. The van der Waals surface area contributed by atoms with Crippen LogP contribution in [-0.2, 0) is 0 Å². The summed E-state index contributed by atoms with van der Waals surface area (Å²) >= 11 is 0.